The number of allylic oxidation sites excluding steroid dienone is 8. The molecule has 0 bridgehead atoms. The summed E-state index contributed by atoms with van der Waals surface area (Å²) in [6.45, 7) is 5.91. The van der Waals surface area contributed by atoms with E-state index >= 15 is 0 Å². The number of aliphatic hydroxyl groups is 2. The lowest BCUT2D eigenvalue weighted by molar-refractivity contribution is -0.301. The molecular weight excluding hydrogens is 997 g/mol. The highest BCUT2D eigenvalue weighted by Crippen LogP contribution is 2.27. The topological polar surface area (TPSA) is 175 Å². The van der Waals surface area contributed by atoms with Gasteiger partial charge in [-0.15, -0.1) is 0 Å². The largest absolute Gasteiger partial charge is 0.479 e. The van der Waals surface area contributed by atoms with E-state index in [0.29, 0.717) is 19.3 Å². The molecule has 12 heteroatoms. The van der Waals surface area contributed by atoms with Crippen LogP contribution in [0.15, 0.2) is 48.6 Å². The Labute approximate surface area is 482 Å². The molecule has 0 amide bonds. The molecule has 1 aliphatic rings. The summed E-state index contributed by atoms with van der Waals surface area (Å²) in [5, 5.41) is 31.6. The van der Waals surface area contributed by atoms with Crippen LogP contribution in [0.5, 0.6) is 0 Å². The second-order valence-corrected chi connectivity index (χ2v) is 22.4. The van der Waals surface area contributed by atoms with Crippen LogP contribution in [-0.2, 0) is 42.9 Å². The van der Waals surface area contributed by atoms with Gasteiger partial charge in [-0.2, -0.15) is 0 Å². The molecule has 3 N–H and O–H groups in total. The monoisotopic (exact) mass is 1110 g/mol. The number of hydrogen-bond donors (Lipinski definition) is 3. The van der Waals surface area contributed by atoms with Crippen LogP contribution >= 0.6 is 0 Å². The van der Waals surface area contributed by atoms with E-state index in [1.165, 1.54) is 141 Å². The van der Waals surface area contributed by atoms with Gasteiger partial charge in [0.1, 0.15) is 18.8 Å². The fraction of sp³-hybridized carbons (Fsp3) is 0.821. The Balaban J connectivity index is 2.63. The zero-order chi connectivity index (χ0) is 57.5. The molecule has 1 saturated heterocycles. The minimum atomic E-state index is -1.90. The molecule has 6 unspecified atom stereocenters. The smallest absolute Gasteiger partial charge is 0.335 e. The van der Waals surface area contributed by atoms with Crippen molar-refractivity contribution in [1.82, 2.24) is 0 Å². The van der Waals surface area contributed by atoms with Crippen LogP contribution in [0.1, 0.15) is 303 Å². The summed E-state index contributed by atoms with van der Waals surface area (Å²) in [7, 11) is 0. The van der Waals surface area contributed by atoms with Gasteiger partial charge in [0.05, 0.1) is 6.61 Å². The van der Waals surface area contributed by atoms with Gasteiger partial charge in [-0.25, -0.2) is 4.79 Å². The minimum Gasteiger partial charge on any atom is -0.479 e. The third-order valence-electron chi connectivity index (χ3n) is 14.9. The molecule has 1 rings (SSSR count). The van der Waals surface area contributed by atoms with Crippen LogP contribution in [0.25, 0.3) is 0 Å². The zero-order valence-corrected chi connectivity index (χ0v) is 50.6. The highest BCUT2D eigenvalue weighted by Gasteiger charge is 2.50. The SMILES string of the molecule is CC/C=C\C/C=C\C/C=C\CCCCCCCCCC(=O)OCC(COC1OC(C(=O)O)C(O)C(O)C1OC(=O)CCCCCCCCCCC/C=C\CCCCCCCC)OC(=O)CCCCCCCCCCCCCCC. The Morgan fingerprint density at radius 1 is 0.430 bits per heavy atom. The lowest BCUT2D eigenvalue weighted by Gasteiger charge is -2.40. The average molecular weight is 1120 g/mol. The van der Waals surface area contributed by atoms with Crippen LogP contribution in [0, 0.1) is 0 Å². The van der Waals surface area contributed by atoms with E-state index in [-0.39, 0.29) is 25.9 Å². The lowest BCUT2D eigenvalue weighted by atomic mass is 9.98. The number of carboxylic acids is 1. The average Bonchev–Trinajstić information content (AvgIpc) is 3.47. The Bertz CT molecular complexity index is 1560. The molecule has 1 aliphatic heterocycles. The molecule has 0 aromatic heterocycles. The predicted octanol–water partition coefficient (Wildman–Crippen LogP) is 17.3. The zero-order valence-electron chi connectivity index (χ0n) is 50.6. The molecular formula is C67H118O12. The number of esters is 3. The predicted molar refractivity (Wildman–Crippen MR) is 322 cm³/mol. The molecule has 0 saturated carbocycles. The Morgan fingerprint density at radius 2 is 0.797 bits per heavy atom. The summed E-state index contributed by atoms with van der Waals surface area (Å²) in [5.74, 6) is -3.11. The Hall–Kier alpha value is -3.32. The summed E-state index contributed by atoms with van der Waals surface area (Å²) in [5.41, 5.74) is 0. The lowest BCUT2D eigenvalue weighted by Crippen LogP contribution is -2.61. The first-order valence-corrected chi connectivity index (χ1v) is 32.6. The molecule has 1 fully saturated rings. The quantitative estimate of drug-likeness (QED) is 0.0228. The van der Waals surface area contributed by atoms with E-state index in [2.05, 4.69) is 69.4 Å². The maximum Gasteiger partial charge on any atom is 0.335 e. The van der Waals surface area contributed by atoms with Gasteiger partial charge < -0.3 is 39.0 Å². The van der Waals surface area contributed by atoms with Crippen molar-refractivity contribution >= 4 is 23.9 Å². The number of unbranched alkanes of at least 4 members (excludes halogenated alkanes) is 34. The second kappa shape index (κ2) is 55.2. The number of rotatable bonds is 56. The van der Waals surface area contributed by atoms with Crippen LogP contribution in [0.3, 0.4) is 0 Å². The third-order valence-corrected chi connectivity index (χ3v) is 14.9. The van der Waals surface area contributed by atoms with Crippen molar-refractivity contribution in [3.05, 3.63) is 48.6 Å². The van der Waals surface area contributed by atoms with Crippen molar-refractivity contribution in [2.45, 2.75) is 340 Å². The van der Waals surface area contributed by atoms with Crippen LogP contribution in [0.2, 0.25) is 0 Å². The van der Waals surface area contributed by atoms with Gasteiger partial charge in [0.2, 0.25) is 0 Å². The summed E-state index contributed by atoms with van der Waals surface area (Å²) in [4.78, 5) is 51.3. The highest BCUT2D eigenvalue weighted by molar-refractivity contribution is 5.74. The molecule has 458 valence electrons. The van der Waals surface area contributed by atoms with Crippen molar-refractivity contribution in [2.75, 3.05) is 13.2 Å². The van der Waals surface area contributed by atoms with Gasteiger partial charge in [0.25, 0.3) is 0 Å². The maximum absolute atomic E-state index is 13.2. The number of carboxylic acid groups (broad SMARTS) is 1. The molecule has 12 nitrogen and oxygen atoms in total. The van der Waals surface area contributed by atoms with Crippen molar-refractivity contribution < 1.29 is 58.2 Å². The molecule has 0 spiro atoms. The molecule has 0 aromatic carbocycles. The van der Waals surface area contributed by atoms with Crippen molar-refractivity contribution in [1.29, 1.82) is 0 Å². The first kappa shape index (κ1) is 73.7. The second-order valence-electron chi connectivity index (χ2n) is 22.4. The Morgan fingerprint density at radius 3 is 1.23 bits per heavy atom. The standard InChI is InChI=1S/C67H118O12/c1-4-7-10-13-16-19-22-25-27-29-30-32-34-37-40-43-46-49-52-55-61(70)78-65-63(72)62(71)64(66(73)74)79-67(65)76-57-58(77-60(69)54-51-48-45-42-39-35-24-21-18-15-12-9-6-3)56-75-59(68)53-50-47-44-41-38-36-33-31-28-26-23-20-17-14-11-8-5-2/h8,11,17,20,25-28,58,62-65,67,71-72H,4-7,9-10,12-16,18-19,21-24,29-57H2,1-3H3,(H,73,74)/b11-8-,20-17-,27-25-,28-26-. The first-order valence-electron chi connectivity index (χ1n) is 32.6. The molecule has 6 atom stereocenters. The third kappa shape index (κ3) is 45.0. The van der Waals surface area contributed by atoms with Crippen molar-refractivity contribution in [2.24, 2.45) is 0 Å². The van der Waals surface area contributed by atoms with Crippen LogP contribution < -0.4 is 0 Å². The first-order chi connectivity index (χ1) is 38.6. The van der Waals surface area contributed by atoms with Gasteiger partial charge in [-0.3, -0.25) is 14.4 Å². The highest BCUT2D eigenvalue weighted by atomic mass is 16.7. The van der Waals surface area contributed by atoms with Crippen molar-refractivity contribution in [3.63, 3.8) is 0 Å². The van der Waals surface area contributed by atoms with E-state index in [9.17, 15) is 34.5 Å². The normalized spacial score (nSPS) is 18.1. The van der Waals surface area contributed by atoms with E-state index in [0.717, 1.165) is 103 Å². The summed E-state index contributed by atoms with van der Waals surface area (Å²) < 4.78 is 28.5. The maximum atomic E-state index is 13.2. The van der Waals surface area contributed by atoms with Gasteiger partial charge in [-0.05, 0) is 77.0 Å². The molecule has 0 aromatic rings. The van der Waals surface area contributed by atoms with Gasteiger partial charge >= 0.3 is 23.9 Å². The van der Waals surface area contributed by atoms with E-state index in [1.807, 2.05) is 0 Å². The summed E-state index contributed by atoms with van der Waals surface area (Å²) >= 11 is 0. The summed E-state index contributed by atoms with van der Waals surface area (Å²) in [6.07, 6.45) is 55.0. The van der Waals surface area contributed by atoms with E-state index in [1.54, 1.807) is 0 Å². The number of carbonyl (C=O) groups excluding carboxylic acids is 3. The van der Waals surface area contributed by atoms with E-state index < -0.39 is 67.3 Å². The number of aliphatic carboxylic acids is 1. The van der Waals surface area contributed by atoms with Gasteiger partial charge in [0.15, 0.2) is 24.6 Å². The molecule has 0 radical (unpaired) electrons. The molecule has 0 aliphatic carbocycles. The summed E-state index contributed by atoms with van der Waals surface area (Å²) in [6, 6.07) is 0. The molecule has 1 heterocycles. The number of hydrogen-bond acceptors (Lipinski definition) is 11. The Kier molecular flexibility index (Phi) is 51.5. The fourth-order valence-electron chi connectivity index (χ4n) is 9.91. The number of ether oxygens (including phenoxy) is 5. The number of carbonyl (C=O) groups is 4. The van der Waals surface area contributed by atoms with Crippen LogP contribution in [-0.4, -0.2) is 89.2 Å². The fourth-order valence-corrected chi connectivity index (χ4v) is 9.91. The van der Waals surface area contributed by atoms with E-state index in [4.69, 9.17) is 23.7 Å². The number of aliphatic hydroxyl groups excluding tert-OH is 2. The van der Waals surface area contributed by atoms with Crippen LogP contribution in [0.4, 0.5) is 0 Å². The van der Waals surface area contributed by atoms with Gasteiger partial charge in [-0.1, -0.05) is 256 Å². The van der Waals surface area contributed by atoms with Gasteiger partial charge in [0, 0.05) is 19.3 Å². The molecule has 79 heavy (non-hydrogen) atoms. The minimum absolute atomic E-state index is 0.0599. The van der Waals surface area contributed by atoms with Crippen molar-refractivity contribution in [3.8, 4) is 0 Å².